The number of benzene rings is 1. The van der Waals surface area contributed by atoms with Gasteiger partial charge in [0.25, 0.3) is 0 Å². The van der Waals surface area contributed by atoms with E-state index >= 15 is 0 Å². The zero-order valence-corrected chi connectivity index (χ0v) is 14.2. The summed E-state index contributed by atoms with van der Waals surface area (Å²) in [4.78, 5) is 11.2. The molecule has 4 aromatic rings. The van der Waals surface area contributed by atoms with Gasteiger partial charge in [-0.2, -0.15) is 0 Å². The summed E-state index contributed by atoms with van der Waals surface area (Å²) in [5, 5.41) is 19.4. The molecule has 1 aliphatic rings. The highest BCUT2D eigenvalue weighted by molar-refractivity contribution is 5.79. The molecular weight excluding hydrogens is 328 g/mol. The molecule has 1 fully saturated rings. The van der Waals surface area contributed by atoms with E-state index in [1.807, 2.05) is 28.9 Å². The van der Waals surface area contributed by atoms with E-state index in [1.54, 1.807) is 6.20 Å². The molecule has 5 rings (SSSR count). The minimum absolute atomic E-state index is 0.276. The summed E-state index contributed by atoms with van der Waals surface area (Å²) < 4.78 is 1.82. The maximum atomic E-state index is 9.77. The van der Waals surface area contributed by atoms with Crippen LogP contribution >= 0.6 is 0 Å². The molecule has 0 bridgehead atoms. The van der Waals surface area contributed by atoms with Crippen molar-refractivity contribution in [3.05, 3.63) is 54.2 Å². The Balaban J connectivity index is 1.49. The first-order valence-corrected chi connectivity index (χ1v) is 8.73. The summed E-state index contributed by atoms with van der Waals surface area (Å²) in [6.45, 7) is 2.04. The highest BCUT2D eigenvalue weighted by Gasteiger charge is 2.22. The van der Waals surface area contributed by atoms with E-state index in [4.69, 9.17) is 4.98 Å². The Kier molecular flexibility index (Phi) is 3.53. The first-order valence-electron chi connectivity index (χ1n) is 8.73. The molecule has 1 atom stereocenters. The number of hydrogen-bond acceptors (Lipinski definition) is 6. The van der Waals surface area contributed by atoms with Gasteiger partial charge in [-0.1, -0.05) is 17.3 Å². The van der Waals surface area contributed by atoms with E-state index < -0.39 is 0 Å². The fraction of sp³-hybridized carbons (Fsp3) is 0.263. The lowest BCUT2D eigenvalue weighted by atomic mass is 10.1. The molecule has 7 heteroatoms. The van der Waals surface area contributed by atoms with E-state index in [1.165, 1.54) is 0 Å². The zero-order chi connectivity index (χ0) is 17.5. The molecule has 0 amide bonds. The number of rotatable bonds is 3. The lowest BCUT2D eigenvalue weighted by molar-refractivity contribution is 0.198. The summed E-state index contributed by atoms with van der Waals surface area (Å²) in [5.74, 6) is 0.861. The van der Waals surface area contributed by atoms with Crippen LogP contribution in [0.3, 0.4) is 0 Å². The Bertz CT molecular complexity index is 1090. The summed E-state index contributed by atoms with van der Waals surface area (Å²) in [5.41, 5.74) is 3.64. The molecule has 0 spiro atoms. The second-order valence-electron chi connectivity index (χ2n) is 6.68. The number of hydrogen-bond donors (Lipinski definition) is 1. The molecule has 26 heavy (non-hydrogen) atoms. The number of aromatic nitrogens is 5. The molecule has 130 valence electrons. The van der Waals surface area contributed by atoms with Gasteiger partial charge in [-0.25, -0.2) is 9.67 Å². The van der Waals surface area contributed by atoms with Crippen LogP contribution in [0.5, 0.6) is 0 Å². The van der Waals surface area contributed by atoms with Gasteiger partial charge in [0.2, 0.25) is 0 Å². The quantitative estimate of drug-likeness (QED) is 0.611. The highest BCUT2D eigenvalue weighted by Crippen LogP contribution is 2.22. The van der Waals surface area contributed by atoms with Crippen LogP contribution in [0.25, 0.3) is 22.1 Å². The summed E-state index contributed by atoms with van der Waals surface area (Å²) in [7, 11) is 0. The van der Waals surface area contributed by atoms with Gasteiger partial charge < -0.3 is 10.0 Å². The second kappa shape index (κ2) is 6.03. The number of β-amino-alcohol motifs (C(OH)–C–C–N with tert-alkyl or cyclic N) is 1. The first kappa shape index (κ1) is 15.2. The molecule has 3 aromatic heterocycles. The van der Waals surface area contributed by atoms with Crippen molar-refractivity contribution < 1.29 is 5.11 Å². The van der Waals surface area contributed by atoms with Crippen molar-refractivity contribution in [3.63, 3.8) is 0 Å². The van der Waals surface area contributed by atoms with Gasteiger partial charge in [0.15, 0.2) is 5.65 Å². The highest BCUT2D eigenvalue weighted by atomic mass is 16.3. The molecule has 1 aliphatic heterocycles. The largest absolute Gasteiger partial charge is 0.391 e. The van der Waals surface area contributed by atoms with Crippen molar-refractivity contribution in [2.45, 2.75) is 19.1 Å². The topological polar surface area (TPSA) is 80.0 Å². The van der Waals surface area contributed by atoms with E-state index in [9.17, 15) is 5.11 Å². The molecule has 0 saturated carbocycles. The van der Waals surface area contributed by atoms with Gasteiger partial charge in [-0.15, -0.1) is 5.10 Å². The Labute approximate surface area is 149 Å². The maximum Gasteiger partial charge on any atom is 0.180 e. The Hall–Kier alpha value is -3.06. The summed E-state index contributed by atoms with van der Waals surface area (Å²) >= 11 is 0. The number of nitrogens with zero attached hydrogens (tertiary/aromatic N) is 6. The van der Waals surface area contributed by atoms with E-state index in [0.29, 0.717) is 13.1 Å². The molecule has 0 aliphatic carbocycles. The standard InChI is InChI=1S/C19H18N6O/c26-15-7-9-24(12-15)18-6-5-17-19(21-18)25(23-22-17)11-13-3-4-16-14(10-13)2-1-8-20-16/h1-6,8,10,15,26H,7,9,11-12H2. The number of aliphatic hydroxyl groups excluding tert-OH is 1. The number of pyridine rings is 2. The van der Waals surface area contributed by atoms with E-state index in [-0.39, 0.29) is 6.10 Å². The lowest BCUT2D eigenvalue weighted by Gasteiger charge is -2.16. The van der Waals surface area contributed by atoms with Crippen LogP contribution in [0.1, 0.15) is 12.0 Å². The van der Waals surface area contributed by atoms with Crippen molar-refractivity contribution in [2.75, 3.05) is 18.0 Å². The average molecular weight is 346 g/mol. The molecule has 1 N–H and O–H groups in total. The average Bonchev–Trinajstić information content (AvgIpc) is 3.28. The second-order valence-corrected chi connectivity index (χ2v) is 6.68. The molecule has 1 aromatic carbocycles. The Morgan fingerprint density at radius 3 is 2.92 bits per heavy atom. The van der Waals surface area contributed by atoms with Crippen LogP contribution in [0.2, 0.25) is 0 Å². The Morgan fingerprint density at radius 1 is 1.12 bits per heavy atom. The van der Waals surface area contributed by atoms with Crippen LogP contribution in [-0.4, -0.2) is 49.3 Å². The first-order chi connectivity index (χ1) is 12.8. The van der Waals surface area contributed by atoms with Crippen molar-refractivity contribution in [1.82, 2.24) is 25.0 Å². The molecule has 1 unspecified atom stereocenters. The van der Waals surface area contributed by atoms with Crippen LogP contribution in [-0.2, 0) is 6.54 Å². The summed E-state index contributed by atoms with van der Waals surface area (Å²) in [6.07, 6.45) is 2.30. The SMILES string of the molecule is OC1CCN(c2ccc3nnn(Cc4ccc5ncccc5c4)c3n2)C1. The third-order valence-corrected chi connectivity index (χ3v) is 4.83. The smallest absolute Gasteiger partial charge is 0.180 e. The van der Waals surface area contributed by atoms with Crippen LogP contribution in [0.15, 0.2) is 48.7 Å². The predicted molar refractivity (Wildman–Crippen MR) is 99.0 cm³/mol. The molecule has 1 saturated heterocycles. The van der Waals surface area contributed by atoms with Crippen molar-refractivity contribution >= 4 is 27.9 Å². The lowest BCUT2D eigenvalue weighted by Crippen LogP contribution is -2.22. The van der Waals surface area contributed by atoms with Gasteiger partial charge in [0.1, 0.15) is 11.3 Å². The number of fused-ring (bicyclic) bond motifs is 2. The molecular formula is C19H18N6O. The van der Waals surface area contributed by atoms with Crippen LogP contribution < -0.4 is 4.90 Å². The van der Waals surface area contributed by atoms with Crippen molar-refractivity contribution in [1.29, 1.82) is 0 Å². The normalized spacial score (nSPS) is 17.4. The maximum absolute atomic E-state index is 9.77. The zero-order valence-electron chi connectivity index (χ0n) is 14.2. The van der Waals surface area contributed by atoms with Crippen molar-refractivity contribution in [3.8, 4) is 0 Å². The van der Waals surface area contributed by atoms with Gasteiger partial charge in [-0.05, 0) is 42.3 Å². The minimum atomic E-state index is -0.276. The van der Waals surface area contributed by atoms with Gasteiger partial charge in [-0.3, -0.25) is 4.98 Å². The minimum Gasteiger partial charge on any atom is -0.391 e. The number of aliphatic hydroxyl groups is 1. The number of anilines is 1. The monoisotopic (exact) mass is 346 g/mol. The fourth-order valence-electron chi connectivity index (χ4n) is 3.47. The summed E-state index contributed by atoms with van der Waals surface area (Å²) in [6, 6.07) is 14.1. The van der Waals surface area contributed by atoms with Crippen LogP contribution in [0.4, 0.5) is 5.82 Å². The third-order valence-electron chi connectivity index (χ3n) is 4.83. The molecule has 0 radical (unpaired) electrons. The van der Waals surface area contributed by atoms with Gasteiger partial charge in [0, 0.05) is 24.7 Å². The van der Waals surface area contributed by atoms with E-state index in [0.717, 1.165) is 46.4 Å². The molecule has 4 heterocycles. The molecule has 7 nitrogen and oxygen atoms in total. The van der Waals surface area contributed by atoms with Gasteiger partial charge >= 0.3 is 0 Å². The van der Waals surface area contributed by atoms with E-state index in [2.05, 4.69) is 38.4 Å². The van der Waals surface area contributed by atoms with Crippen LogP contribution in [0, 0.1) is 0 Å². The van der Waals surface area contributed by atoms with Gasteiger partial charge in [0.05, 0.1) is 18.2 Å². The Morgan fingerprint density at radius 2 is 2.04 bits per heavy atom. The van der Waals surface area contributed by atoms with Crippen molar-refractivity contribution in [2.24, 2.45) is 0 Å². The third kappa shape index (κ3) is 2.66. The fourth-order valence-corrected chi connectivity index (χ4v) is 3.47. The predicted octanol–water partition coefficient (Wildman–Crippen LogP) is 1.99.